The average molecular weight is 424 g/mol. The molecule has 3 rings (SSSR count). The van der Waals surface area contributed by atoms with Crippen molar-refractivity contribution in [3.05, 3.63) is 71.2 Å². The van der Waals surface area contributed by atoms with Crippen LogP contribution < -0.4 is 9.47 Å². The number of hydrogen-bond donors (Lipinski definition) is 1. The van der Waals surface area contributed by atoms with Crippen LogP contribution in [0.3, 0.4) is 0 Å². The number of carbonyl (C=O) groups is 2. The third kappa shape index (κ3) is 4.55. The fraction of sp³-hybridized carbons (Fsp3) is 0.136. The van der Waals surface area contributed by atoms with Crippen LogP contribution >= 0.6 is 11.8 Å². The van der Waals surface area contributed by atoms with Gasteiger partial charge in [-0.15, -0.1) is 6.58 Å². The van der Waals surface area contributed by atoms with Crippen molar-refractivity contribution in [2.45, 2.75) is 0 Å². The van der Waals surface area contributed by atoms with Crippen molar-refractivity contribution in [2.24, 2.45) is 4.99 Å². The van der Waals surface area contributed by atoms with E-state index < -0.39 is 5.97 Å². The summed E-state index contributed by atoms with van der Waals surface area (Å²) in [5, 5.41) is 9.52. The molecule has 0 bridgehead atoms. The predicted octanol–water partition coefficient (Wildman–Crippen LogP) is 4.19. The minimum Gasteiger partial charge on any atom is -0.493 e. The minimum atomic E-state index is -1.01. The van der Waals surface area contributed by atoms with Crippen molar-refractivity contribution in [1.29, 1.82) is 0 Å². The summed E-state index contributed by atoms with van der Waals surface area (Å²) in [6.07, 6.45) is 3.39. The monoisotopic (exact) mass is 424 g/mol. The minimum absolute atomic E-state index is 0.172. The second-order valence-corrected chi connectivity index (χ2v) is 7.19. The summed E-state index contributed by atoms with van der Waals surface area (Å²) in [5.74, 6) is -0.0216. The molecule has 0 radical (unpaired) electrons. The molecule has 1 amide bonds. The summed E-state index contributed by atoms with van der Waals surface area (Å²) in [4.78, 5) is 30.5. The van der Waals surface area contributed by atoms with Gasteiger partial charge in [0.1, 0.15) is 0 Å². The summed E-state index contributed by atoms with van der Waals surface area (Å²) < 4.78 is 10.6. The molecule has 7 nitrogen and oxygen atoms in total. The molecule has 1 aliphatic heterocycles. The van der Waals surface area contributed by atoms with Gasteiger partial charge >= 0.3 is 5.97 Å². The summed E-state index contributed by atoms with van der Waals surface area (Å²) in [7, 11) is 3.11. The Morgan fingerprint density at radius 2 is 1.87 bits per heavy atom. The van der Waals surface area contributed by atoms with Crippen LogP contribution in [0.4, 0.5) is 5.69 Å². The van der Waals surface area contributed by atoms with E-state index in [9.17, 15) is 9.59 Å². The molecule has 1 fully saturated rings. The standard InChI is InChI=1S/C22H20N2O5S/c1-4-11-24-20(25)19(13-14-5-10-17(28-2)18(12-14)29-3)30-22(24)23-16-8-6-15(7-9-16)21(26)27/h4-10,12-13H,1,11H2,2-3H3,(H,26,27)/b19-13-,23-22?. The number of aromatic carboxylic acids is 1. The van der Waals surface area contributed by atoms with Crippen LogP contribution in [0.1, 0.15) is 15.9 Å². The first-order valence-corrected chi connectivity index (χ1v) is 9.75. The first kappa shape index (κ1) is 21.2. The van der Waals surface area contributed by atoms with Crippen molar-refractivity contribution in [3.8, 4) is 11.5 Å². The Bertz CT molecular complexity index is 1040. The van der Waals surface area contributed by atoms with Gasteiger partial charge in [0.15, 0.2) is 16.7 Å². The Morgan fingerprint density at radius 3 is 2.47 bits per heavy atom. The Morgan fingerprint density at radius 1 is 1.17 bits per heavy atom. The molecule has 0 aliphatic carbocycles. The molecule has 1 saturated heterocycles. The van der Waals surface area contributed by atoms with Gasteiger partial charge in [-0.25, -0.2) is 9.79 Å². The molecule has 0 saturated carbocycles. The fourth-order valence-electron chi connectivity index (χ4n) is 2.76. The zero-order chi connectivity index (χ0) is 21.7. The lowest BCUT2D eigenvalue weighted by Crippen LogP contribution is -2.29. The van der Waals surface area contributed by atoms with Gasteiger partial charge in [0.05, 0.1) is 30.4 Å². The Hall–Kier alpha value is -3.52. The van der Waals surface area contributed by atoms with Gasteiger partial charge in [-0.3, -0.25) is 9.69 Å². The summed E-state index contributed by atoms with van der Waals surface area (Å²) in [6, 6.07) is 11.5. The van der Waals surface area contributed by atoms with Crippen LogP contribution in [-0.4, -0.2) is 47.8 Å². The van der Waals surface area contributed by atoms with E-state index in [0.29, 0.717) is 33.8 Å². The number of ether oxygens (including phenoxy) is 2. The Kier molecular flexibility index (Phi) is 6.58. The normalized spacial score (nSPS) is 16.2. The fourth-order valence-corrected chi connectivity index (χ4v) is 3.77. The van der Waals surface area contributed by atoms with Crippen molar-refractivity contribution in [1.82, 2.24) is 4.90 Å². The van der Waals surface area contributed by atoms with E-state index in [1.807, 2.05) is 6.07 Å². The van der Waals surface area contributed by atoms with E-state index in [2.05, 4.69) is 11.6 Å². The number of amidine groups is 1. The SMILES string of the molecule is C=CCN1C(=O)/C(=C/c2ccc(OC)c(OC)c2)SC1=Nc1ccc(C(=O)O)cc1. The van der Waals surface area contributed by atoms with Crippen LogP contribution in [0.25, 0.3) is 6.08 Å². The topological polar surface area (TPSA) is 88.4 Å². The second-order valence-electron chi connectivity index (χ2n) is 6.18. The molecule has 8 heteroatoms. The quantitative estimate of drug-likeness (QED) is 0.530. The zero-order valence-corrected chi connectivity index (χ0v) is 17.3. The molecule has 0 atom stereocenters. The van der Waals surface area contributed by atoms with Gasteiger partial charge in [0.25, 0.3) is 5.91 Å². The van der Waals surface area contributed by atoms with Crippen LogP contribution in [0.5, 0.6) is 11.5 Å². The molecule has 1 N–H and O–H groups in total. The lowest BCUT2D eigenvalue weighted by molar-refractivity contribution is -0.121. The predicted molar refractivity (Wildman–Crippen MR) is 118 cm³/mol. The van der Waals surface area contributed by atoms with E-state index in [1.54, 1.807) is 50.6 Å². The molecule has 0 spiro atoms. The Labute approximate surface area is 178 Å². The van der Waals surface area contributed by atoms with E-state index >= 15 is 0 Å². The summed E-state index contributed by atoms with van der Waals surface area (Å²) >= 11 is 1.24. The molecule has 0 unspecified atom stereocenters. The number of carbonyl (C=O) groups excluding carboxylic acids is 1. The Balaban J connectivity index is 1.93. The third-order valence-corrected chi connectivity index (χ3v) is 5.25. The van der Waals surface area contributed by atoms with Crippen molar-refractivity contribution in [3.63, 3.8) is 0 Å². The van der Waals surface area contributed by atoms with Gasteiger partial charge in [-0.2, -0.15) is 0 Å². The van der Waals surface area contributed by atoms with E-state index in [0.717, 1.165) is 5.56 Å². The van der Waals surface area contributed by atoms with Gasteiger partial charge < -0.3 is 14.6 Å². The first-order valence-electron chi connectivity index (χ1n) is 8.93. The number of thioether (sulfide) groups is 1. The number of nitrogens with zero attached hydrogens (tertiary/aromatic N) is 2. The maximum absolute atomic E-state index is 12.9. The highest BCUT2D eigenvalue weighted by atomic mass is 32.2. The number of aliphatic imine (C=N–C) groups is 1. The number of carboxylic acids is 1. The second kappa shape index (κ2) is 9.32. The van der Waals surface area contributed by atoms with Gasteiger partial charge in [0.2, 0.25) is 0 Å². The number of carboxylic acid groups (broad SMARTS) is 1. The number of amides is 1. The highest BCUT2D eigenvalue weighted by Crippen LogP contribution is 2.35. The lowest BCUT2D eigenvalue weighted by atomic mass is 10.2. The molecule has 154 valence electrons. The molecule has 1 aliphatic rings. The molecular weight excluding hydrogens is 404 g/mol. The highest BCUT2D eigenvalue weighted by Gasteiger charge is 2.32. The molecular formula is C22H20N2O5S. The van der Waals surface area contributed by atoms with Gasteiger partial charge in [0, 0.05) is 6.54 Å². The number of rotatable bonds is 7. The van der Waals surface area contributed by atoms with Crippen molar-refractivity contribution in [2.75, 3.05) is 20.8 Å². The van der Waals surface area contributed by atoms with Crippen LogP contribution in [0, 0.1) is 0 Å². The van der Waals surface area contributed by atoms with Gasteiger partial charge in [-0.05, 0) is 59.8 Å². The zero-order valence-electron chi connectivity index (χ0n) is 16.5. The highest BCUT2D eigenvalue weighted by molar-refractivity contribution is 8.18. The maximum Gasteiger partial charge on any atom is 0.335 e. The van der Waals surface area contributed by atoms with Gasteiger partial charge in [-0.1, -0.05) is 12.1 Å². The molecule has 0 aromatic heterocycles. The average Bonchev–Trinajstić information content (AvgIpc) is 3.03. The smallest absolute Gasteiger partial charge is 0.335 e. The molecule has 1 heterocycles. The first-order chi connectivity index (χ1) is 14.5. The summed E-state index contributed by atoms with van der Waals surface area (Å²) in [5.41, 5.74) is 1.51. The summed E-state index contributed by atoms with van der Waals surface area (Å²) in [6.45, 7) is 4.02. The third-order valence-electron chi connectivity index (χ3n) is 4.24. The largest absolute Gasteiger partial charge is 0.493 e. The van der Waals surface area contributed by atoms with E-state index in [-0.39, 0.29) is 11.5 Å². The van der Waals surface area contributed by atoms with E-state index in [4.69, 9.17) is 14.6 Å². The van der Waals surface area contributed by atoms with Crippen LogP contribution in [0.2, 0.25) is 0 Å². The van der Waals surface area contributed by atoms with Crippen LogP contribution in [-0.2, 0) is 4.79 Å². The number of methoxy groups -OCH3 is 2. The molecule has 2 aromatic rings. The molecule has 30 heavy (non-hydrogen) atoms. The number of benzene rings is 2. The number of hydrogen-bond acceptors (Lipinski definition) is 6. The van der Waals surface area contributed by atoms with E-state index in [1.165, 1.54) is 28.8 Å². The lowest BCUT2D eigenvalue weighted by Gasteiger charge is -2.12. The maximum atomic E-state index is 12.9. The van der Waals surface area contributed by atoms with Crippen molar-refractivity contribution >= 4 is 40.6 Å². The van der Waals surface area contributed by atoms with Crippen LogP contribution in [0.15, 0.2) is 65.0 Å². The van der Waals surface area contributed by atoms with Crippen molar-refractivity contribution < 1.29 is 24.2 Å². The molecule has 2 aromatic carbocycles.